The van der Waals surface area contributed by atoms with Crippen molar-refractivity contribution in [2.75, 3.05) is 12.4 Å². The van der Waals surface area contributed by atoms with Crippen molar-refractivity contribution in [3.05, 3.63) is 83.0 Å². The number of hydrogen-bond acceptors (Lipinski definition) is 4. The monoisotopic (exact) mass is 361 g/mol. The molecule has 134 valence electrons. The van der Waals surface area contributed by atoms with Gasteiger partial charge in [-0.1, -0.05) is 18.2 Å². The summed E-state index contributed by atoms with van der Waals surface area (Å²) in [6, 6.07) is 15.0. The molecule has 0 aliphatic heterocycles. The predicted octanol–water partition coefficient (Wildman–Crippen LogP) is 4.48. The smallest absolute Gasteiger partial charge is 0.200 e. The van der Waals surface area contributed by atoms with Gasteiger partial charge in [0, 0.05) is 23.6 Å². The van der Waals surface area contributed by atoms with E-state index in [-0.39, 0.29) is 11.2 Å². The van der Waals surface area contributed by atoms with E-state index >= 15 is 0 Å². The van der Waals surface area contributed by atoms with Gasteiger partial charge in [0.25, 0.3) is 0 Å². The van der Waals surface area contributed by atoms with E-state index in [1.165, 1.54) is 12.1 Å². The normalized spacial score (nSPS) is 10.7. The Balaban J connectivity index is 1.84. The Morgan fingerprint density at radius 1 is 1.11 bits per heavy atom. The van der Waals surface area contributed by atoms with Crippen molar-refractivity contribution >= 4 is 22.4 Å². The van der Waals surface area contributed by atoms with Crippen molar-refractivity contribution in [1.82, 2.24) is 9.97 Å². The first-order chi connectivity index (χ1) is 13.2. The number of H-pyrrole nitrogens is 1. The Morgan fingerprint density at radius 3 is 2.67 bits per heavy atom. The van der Waals surface area contributed by atoms with Crippen molar-refractivity contribution < 1.29 is 9.13 Å². The molecule has 2 aromatic heterocycles. The summed E-state index contributed by atoms with van der Waals surface area (Å²) in [6.07, 6.45) is 3.27. The number of halogens is 1. The molecule has 0 bridgehead atoms. The first-order valence-corrected chi connectivity index (χ1v) is 8.33. The molecule has 0 saturated heterocycles. The second-order valence-corrected chi connectivity index (χ2v) is 5.98. The average Bonchev–Trinajstić information content (AvgIpc) is 2.68. The Kier molecular flexibility index (Phi) is 4.30. The molecule has 0 atom stereocenters. The Bertz CT molecular complexity index is 1170. The van der Waals surface area contributed by atoms with Gasteiger partial charge in [0.2, 0.25) is 5.43 Å². The van der Waals surface area contributed by atoms with Crippen molar-refractivity contribution in [2.24, 2.45) is 0 Å². The van der Waals surface area contributed by atoms with Crippen LogP contribution < -0.4 is 15.5 Å². The molecule has 0 radical (unpaired) electrons. The molecule has 0 aliphatic rings. The summed E-state index contributed by atoms with van der Waals surface area (Å²) in [7, 11) is 1.59. The fourth-order valence-corrected chi connectivity index (χ4v) is 2.94. The lowest BCUT2D eigenvalue weighted by molar-refractivity contribution is 0.415. The van der Waals surface area contributed by atoms with Crippen LogP contribution in [-0.2, 0) is 0 Å². The number of rotatable bonds is 4. The third-order valence-electron chi connectivity index (χ3n) is 4.28. The van der Waals surface area contributed by atoms with Crippen LogP contribution in [0.4, 0.5) is 15.9 Å². The largest absolute Gasteiger partial charge is 0.497 e. The van der Waals surface area contributed by atoms with Crippen LogP contribution in [0.3, 0.4) is 0 Å². The summed E-state index contributed by atoms with van der Waals surface area (Å²) in [5.41, 5.74) is 2.27. The molecule has 0 unspecified atom stereocenters. The fraction of sp³-hybridized carbons (Fsp3) is 0.0476. The third kappa shape index (κ3) is 3.25. The lowest BCUT2D eigenvalue weighted by Crippen LogP contribution is -2.10. The number of ether oxygens (including phenoxy) is 1. The molecule has 0 aliphatic carbocycles. The molecule has 0 fully saturated rings. The van der Waals surface area contributed by atoms with E-state index < -0.39 is 0 Å². The molecule has 0 saturated carbocycles. The van der Waals surface area contributed by atoms with E-state index in [2.05, 4.69) is 15.3 Å². The highest BCUT2D eigenvalue weighted by Crippen LogP contribution is 2.25. The zero-order valence-electron chi connectivity index (χ0n) is 14.5. The lowest BCUT2D eigenvalue weighted by atomic mass is 10.0. The maximum atomic E-state index is 13.5. The van der Waals surface area contributed by atoms with Crippen LogP contribution in [-0.4, -0.2) is 17.1 Å². The van der Waals surface area contributed by atoms with Crippen LogP contribution in [0.5, 0.6) is 5.75 Å². The number of pyridine rings is 2. The number of nitrogens with zero attached hydrogens (tertiary/aromatic N) is 1. The van der Waals surface area contributed by atoms with E-state index in [0.29, 0.717) is 33.7 Å². The number of hydrogen-bond donors (Lipinski definition) is 2. The van der Waals surface area contributed by atoms with Gasteiger partial charge in [0.1, 0.15) is 17.4 Å². The van der Waals surface area contributed by atoms with Gasteiger partial charge >= 0.3 is 0 Å². The minimum Gasteiger partial charge on any atom is -0.497 e. The summed E-state index contributed by atoms with van der Waals surface area (Å²) in [6.45, 7) is 0. The summed E-state index contributed by atoms with van der Waals surface area (Å²) >= 11 is 0. The minimum atomic E-state index is -0.368. The Labute approximate surface area is 154 Å². The SMILES string of the molecule is COc1ccc(-c2c[nH]c3ccnc(Nc4cccc(F)c4)c3c2=O)cc1. The number of fused-ring (bicyclic) bond motifs is 1. The van der Waals surface area contributed by atoms with Gasteiger partial charge in [0.05, 0.1) is 18.0 Å². The van der Waals surface area contributed by atoms with Gasteiger partial charge in [-0.05, 0) is 42.0 Å². The van der Waals surface area contributed by atoms with Gasteiger partial charge < -0.3 is 15.0 Å². The van der Waals surface area contributed by atoms with Crippen molar-refractivity contribution in [3.8, 4) is 16.9 Å². The topological polar surface area (TPSA) is 67.0 Å². The summed E-state index contributed by atoms with van der Waals surface area (Å²) in [5.74, 6) is 0.717. The summed E-state index contributed by atoms with van der Waals surface area (Å²) in [5, 5.41) is 3.45. The molecule has 6 heteroatoms. The van der Waals surface area contributed by atoms with Crippen LogP contribution in [0.25, 0.3) is 22.0 Å². The molecule has 2 N–H and O–H groups in total. The molecule has 0 amide bonds. The predicted molar refractivity (Wildman–Crippen MR) is 104 cm³/mol. The fourth-order valence-electron chi connectivity index (χ4n) is 2.94. The summed E-state index contributed by atoms with van der Waals surface area (Å²) in [4.78, 5) is 20.6. The minimum absolute atomic E-state index is 0.166. The second kappa shape index (κ2) is 6.92. The van der Waals surface area contributed by atoms with Crippen molar-refractivity contribution in [2.45, 2.75) is 0 Å². The number of aromatic nitrogens is 2. The molecule has 4 aromatic rings. The zero-order valence-corrected chi connectivity index (χ0v) is 14.5. The first kappa shape index (κ1) is 16.8. The highest BCUT2D eigenvalue weighted by molar-refractivity contribution is 5.93. The van der Waals surface area contributed by atoms with Crippen LogP contribution in [0, 0.1) is 5.82 Å². The Hall–Kier alpha value is -3.67. The molecular weight excluding hydrogens is 345 g/mol. The molecule has 2 heterocycles. The van der Waals surface area contributed by atoms with E-state index in [4.69, 9.17) is 4.74 Å². The van der Waals surface area contributed by atoms with Crippen molar-refractivity contribution in [3.63, 3.8) is 0 Å². The number of aromatic amines is 1. The van der Waals surface area contributed by atoms with Crippen LogP contribution in [0.15, 0.2) is 71.8 Å². The average molecular weight is 361 g/mol. The second-order valence-electron chi connectivity index (χ2n) is 5.98. The molecular formula is C21H16FN3O2. The summed E-state index contributed by atoms with van der Waals surface area (Å²) < 4.78 is 18.6. The van der Waals surface area contributed by atoms with Crippen LogP contribution in [0.2, 0.25) is 0 Å². The number of benzene rings is 2. The maximum absolute atomic E-state index is 13.5. The highest BCUT2D eigenvalue weighted by atomic mass is 19.1. The van der Waals surface area contributed by atoms with E-state index in [1.807, 2.05) is 12.1 Å². The van der Waals surface area contributed by atoms with Gasteiger partial charge in [0.15, 0.2) is 0 Å². The lowest BCUT2D eigenvalue weighted by Gasteiger charge is -2.10. The first-order valence-electron chi connectivity index (χ1n) is 8.33. The molecule has 2 aromatic carbocycles. The van der Waals surface area contributed by atoms with Crippen LogP contribution in [0.1, 0.15) is 0 Å². The van der Waals surface area contributed by atoms with Crippen molar-refractivity contribution in [1.29, 1.82) is 0 Å². The van der Waals surface area contributed by atoms with E-state index in [9.17, 15) is 9.18 Å². The van der Waals surface area contributed by atoms with Crippen LogP contribution >= 0.6 is 0 Å². The standard InChI is InChI=1S/C21H16FN3O2/c1-27-16-7-5-13(6-8-16)17-12-24-18-9-10-23-21(19(18)20(17)26)25-15-4-2-3-14(22)11-15/h2-12H,1H3,(H,23,25)(H,24,26). The van der Waals surface area contributed by atoms with Gasteiger partial charge in [-0.2, -0.15) is 0 Å². The Morgan fingerprint density at radius 2 is 1.93 bits per heavy atom. The molecule has 27 heavy (non-hydrogen) atoms. The van der Waals surface area contributed by atoms with E-state index in [1.54, 1.807) is 49.8 Å². The molecule has 4 rings (SSSR count). The third-order valence-corrected chi connectivity index (χ3v) is 4.28. The highest BCUT2D eigenvalue weighted by Gasteiger charge is 2.12. The maximum Gasteiger partial charge on any atom is 0.200 e. The van der Waals surface area contributed by atoms with E-state index in [0.717, 1.165) is 5.56 Å². The quantitative estimate of drug-likeness (QED) is 0.562. The molecule has 5 nitrogen and oxygen atoms in total. The van der Waals surface area contributed by atoms with Gasteiger partial charge in [-0.3, -0.25) is 4.79 Å². The van der Waals surface area contributed by atoms with Gasteiger partial charge in [-0.25, -0.2) is 9.37 Å². The molecule has 0 spiro atoms. The number of nitrogens with one attached hydrogen (secondary N) is 2. The zero-order chi connectivity index (χ0) is 18.8. The number of anilines is 2. The number of methoxy groups -OCH3 is 1. The van der Waals surface area contributed by atoms with Gasteiger partial charge in [-0.15, -0.1) is 0 Å².